The summed E-state index contributed by atoms with van der Waals surface area (Å²) in [5, 5.41) is 2.63. The van der Waals surface area contributed by atoms with E-state index in [9.17, 15) is 13.2 Å². The van der Waals surface area contributed by atoms with Crippen molar-refractivity contribution in [2.24, 2.45) is 0 Å². The third kappa shape index (κ3) is 4.15. The van der Waals surface area contributed by atoms with Crippen molar-refractivity contribution in [1.29, 1.82) is 0 Å². The number of hydrogen-bond acceptors (Lipinski definition) is 5. The molecule has 0 saturated carbocycles. The molecule has 2 aromatic rings. The van der Waals surface area contributed by atoms with Crippen molar-refractivity contribution in [3.8, 4) is 5.75 Å². The molecule has 0 fully saturated rings. The maximum atomic E-state index is 12.7. The highest BCUT2D eigenvalue weighted by atomic mass is 32.2. The van der Waals surface area contributed by atoms with Crippen LogP contribution in [0.25, 0.3) is 0 Å². The van der Waals surface area contributed by atoms with Crippen LogP contribution in [-0.2, 0) is 10.0 Å². The van der Waals surface area contributed by atoms with Crippen molar-refractivity contribution in [3.63, 3.8) is 0 Å². The SMILES string of the molecule is CCN(CC)S(=O)(=O)c1ccc(OC)c(C(=O)Nc2ccccn2)c1. The van der Waals surface area contributed by atoms with Gasteiger partial charge in [0.1, 0.15) is 11.6 Å². The lowest BCUT2D eigenvalue weighted by Gasteiger charge is -2.19. The van der Waals surface area contributed by atoms with Crippen LogP contribution in [0.2, 0.25) is 0 Å². The lowest BCUT2D eigenvalue weighted by Crippen LogP contribution is -2.30. The Bertz CT molecular complexity index is 834. The Kier molecular flexibility index (Phi) is 6.11. The first kappa shape index (κ1) is 18.9. The van der Waals surface area contributed by atoms with Crippen LogP contribution in [0.5, 0.6) is 5.75 Å². The summed E-state index contributed by atoms with van der Waals surface area (Å²) in [4.78, 5) is 16.6. The van der Waals surface area contributed by atoms with E-state index in [2.05, 4.69) is 10.3 Å². The second-order valence-corrected chi connectivity index (χ2v) is 7.06. The number of benzene rings is 1. The molecule has 0 bridgehead atoms. The number of carbonyl (C=O) groups excluding carboxylic acids is 1. The number of rotatable bonds is 7. The largest absolute Gasteiger partial charge is 0.496 e. The third-order valence-electron chi connectivity index (χ3n) is 3.67. The molecule has 0 aliphatic carbocycles. The molecule has 25 heavy (non-hydrogen) atoms. The normalized spacial score (nSPS) is 11.4. The van der Waals surface area contributed by atoms with Gasteiger partial charge in [-0.2, -0.15) is 4.31 Å². The Labute approximate surface area is 147 Å². The highest BCUT2D eigenvalue weighted by Gasteiger charge is 2.24. The second-order valence-electron chi connectivity index (χ2n) is 5.12. The van der Waals surface area contributed by atoms with Crippen LogP contribution in [0.1, 0.15) is 24.2 Å². The fraction of sp³-hybridized carbons (Fsp3) is 0.294. The fourth-order valence-corrected chi connectivity index (χ4v) is 3.84. The first-order chi connectivity index (χ1) is 11.9. The summed E-state index contributed by atoms with van der Waals surface area (Å²) in [5.41, 5.74) is 0.126. The van der Waals surface area contributed by atoms with Crippen LogP contribution in [0, 0.1) is 0 Å². The van der Waals surface area contributed by atoms with Crippen LogP contribution in [0.4, 0.5) is 5.82 Å². The molecule has 8 heteroatoms. The number of anilines is 1. The summed E-state index contributed by atoms with van der Waals surface area (Å²) in [6, 6.07) is 9.34. The molecule has 134 valence electrons. The molecule has 1 heterocycles. The lowest BCUT2D eigenvalue weighted by molar-refractivity contribution is 0.102. The smallest absolute Gasteiger partial charge is 0.260 e. The Morgan fingerprint density at radius 1 is 1.20 bits per heavy atom. The summed E-state index contributed by atoms with van der Waals surface area (Å²) in [6.45, 7) is 4.22. The van der Waals surface area contributed by atoms with Crippen molar-refractivity contribution in [2.75, 3.05) is 25.5 Å². The summed E-state index contributed by atoms with van der Waals surface area (Å²) >= 11 is 0. The number of nitrogens with zero attached hydrogens (tertiary/aromatic N) is 2. The van der Waals surface area contributed by atoms with Gasteiger partial charge in [-0.25, -0.2) is 13.4 Å². The highest BCUT2D eigenvalue weighted by molar-refractivity contribution is 7.89. The molecule has 0 saturated heterocycles. The summed E-state index contributed by atoms with van der Waals surface area (Å²) < 4.78 is 31.9. The summed E-state index contributed by atoms with van der Waals surface area (Å²) in [5.74, 6) is 0.158. The molecular formula is C17H21N3O4S. The van der Waals surface area contributed by atoms with E-state index in [0.717, 1.165) is 0 Å². The average molecular weight is 363 g/mol. The number of aromatic nitrogens is 1. The van der Waals surface area contributed by atoms with Gasteiger partial charge in [0.15, 0.2) is 0 Å². The number of hydrogen-bond donors (Lipinski definition) is 1. The van der Waals surface area contributed by atoms with Crippen LogP contribution in [0.3, 0.4) is 0 Å². The first-order valence-corrected chi connectivity index (χ1v) is 9.28. The van der Waals surface area contributed by atoms with E-state index in [1.165, 1.54) is 29.6 Å². The number of carbonyl (C=O) groups is 1. The maximum Gasteiger partial charge on any atom is 0.260 e. The van der Waals surface area contributed by atoms with E-state index in [4.69, 9.17) is 4.74 Å². The number of ether oxygens (including phenoxy) is 1. The van der Waals surface area contributed by atoms with Gasteiger partial charge in [0.25, 0.3) is 5.91 Å². The van der Waals surface area contributed by atoms with Crippen molar-refractivity contribution in [2.45, 2.75) is 18.7 Å². The molecule has 2 rings (SSSR count). The van der Waals surface area contributed by atoms with Gasteiger partial charge in [0.2, 0.25) is 10.0 Å². The van der Waals surface area contributed by atoms with Gasteiger partial charge in [-0.1, -0.05) is 19.9 Å². The Balaban J connectivity index is 2.42. The fourth-order valence-electron chi connectivity index (χ4n) is 2.36. The zero-order valence-electron chi connectivity index (χ0n) is 14.4. The van der Waals surface area contributed by atoms with Crippen molar-refractivity contribution < 1.29 is 17.9 Å². The first-order valence-electron chi connectivity index (χ1n) is 7.84. The topological polar surface area (TPSA) is 88.6 Å². The van der Waals surface area contributed by atoms with Crippen LogP contribution in [-0.4, -0.2) is 43.8 Å². The zero-order valence-corrected chi connectivity index (χ0v) is 15.2. The molecule has 0 aliphatic heterocycles. The number of nitrogens with one attached hydrogen (secondary N) is 1. The standard InChI is InChI=1S/C17H21N3O4S/c1-4-20(5-2)25(22,23)13-9-10-15(24-3)14(12-13)17(21)19-16-8-6-7-11-18-16/h6-12H,4-5H2,1-3H3,(H,18,19,21). The lowest BCUT2D eigenvalue weighted by atomic mass is 10.2. The molecule has 1 aromatic carbocycles. The number of sulfonamides is 1. The predicted molar refractivity (Wildman–Crippen MR) is 95.3 cm³/mol. The predicted octanol–water partition coefficient (Wildman–Crippen LogP) is 2.37. The van der Waals surface area contributed by atoms with E-state index in [1.807, 2.05) is 0 Å². The third-order valence-corrected chi connectivity index (χ3v) is 5.71. The number of pyridine rings is 1. The molecule has 1 amide bonds. The zero-order chi connectivity index (χ0) is 18.4. The minimum atomic E-state index is -3.67. The van der Waals surface area contributed by atoms with Gasteiger partial charge in [0, 0.05) is 19.3 Å². The molecule has 0 atom stereocenters. The van der Waals surface area contributed by atoms with Crippen LogP contribution >= 0.6 is 0 Å². The van der Waals surface area contributed by atoms with Gasteiger partial charge < -0.3 is 10.1 Å². The Morgan fingerprint density at radius 3 is 2.48 bits per heavy atom. The summed E-state index contributed by atoms with van der Waals surface area (Å²) in [7, 11) is -2.25. The average Bonchev–Trinajstić information content (AvgIpc) is 2.62. The monoisotopic (exact) mass is 363 g/mol. The van der Waals surface area contributed by atoms with Crippen molar-refractivity contribution in [1.82, 2.24) is 9.29 Å². The molecule has 7 nitrogen and oxygen atoms in total. The second kappa shape index (κ2) is 8.09. The highest BCUT2D eigenvalue weighted by Crippen LogP contribution is 2.25. The van der Waals surface area contributed by atoms with Crippen molar-refractivity contribution in [3.05, 3.63) is 48.2 Å². The van der Waals surface area contributed by atoms with Gasteiger partial charge >= 0.3 is 0 Å². The van der Waals surface area contributed by atoms with E-state index in [-0.39, 0.29) is 16.2 Å². The summed E-state index contributed by atoms with van der Waals surface area (Å²) in [6.07, 6.45) is 1.55. The van der Waals surface area contributed by atoms with Gasteiger partial charge in [-0.3, -0.25) is 4.79 Å². The van der Waals surface area contributed by atoms with Crippen LogP contribution in [0.15, 0.2) is 47.5 Å². The maximum absolute atomic E-state index is 12.7. The van der Waals surface area contributed by atoms with Crippen molar-refractivity contribution >= 4 is 21.7 Å². The quantitative estimate of drug-likeness (QED) is 0.816. The molecule has 1 N–H and O–H groups in total. The molecule has 0 radical (unpaired) electrons. The van der Waals surface area contributed by atoms with Crippen LogP contribution < -0.4 is 10.1 Å². The molecule has 0 aliphatic rings. The Morgan fingerprint density at radius 2 is 1.92 bits per heavy atom. The van der Waals surface area contributed by atoms with E-state index in [0.29, 0.717) is 18.9 Å². The number of methoxy groups -OCH3 is 1. The van der Waals surface area contributed by atoms with E-state index >= 15 is 0 Å². The Hall–Kier alpha value is -2.45. The minimum absolute atomic E-state index is 0.0446. The minimum Gasteiger partial charge on any atom is -0.496 e. The van der Waals surface area contributed by atoms with Gasteiger partial charge in [0.05, 0.1) is 17.6 Å². The number of amides is 1. The molecule has 0 spiro atoms. The van der Waals surface area contributed by atoms with Gasteiger partial charge in [-0.15, -0.1) is 0 Å². The molecular weight excluding hydrogens is 342 g/mol. The molecule has 0 unspecified atom stereocenters. The van der Waals surface area contributed by atoms with Gasteiger partial charge in [-0.05, 0) is 30.3 Å². The van der Waals surface area contributed by atoms with E-state index < -0.39 is 15.9 Å². The van der Waals surface area contributed by atoms with E-state index in [1.54, 1.807) is 38.2 Å². The molecule has 1 aromatic heterocycles.